The fraction of sp³-hybridized carbons (Fsp3) is 0.615. The molecule has 18 heavy (non-hydrogen) atoms. The molecule has 1 N–H and O–H groups in total. The maximum atomic E-state index is 12.1. The van der Waals surface area contributed by atoms with Crippen molar-refractivity contribution in [3.05, 3.63) is 11.8 Å². The third-order valence-corrected chi connectivity index (χ3v) is 3.69. The van der Waals surface area contributed by atoms with E-state index in [2.05, 4.69) is 17.3 Å². The normalized spacial score (nSPS) is 23.4. The van der Waals surface area contributed by atoms with Gasteiger partial charge in [-0.15, -0.1) is 0 Å². The molecule has 1 fully saturated rings. The number of nitrogens with one attached hydrogen (secondary N) is 1. The minimum atomic E-state index is 0.0157. The van der Waals surface area contributed by atoms with Gasteiger partial charge in [-0.2, -0.15) is 10.4 Å². The highest BCUT2D eigenvalue weighted by molar-refractivity contribution is 5.92. The highest BCUT2D eigenvalue weighted by Gasteiger charge is 2.25. The monoisotopic (exact) mass is 246 g/mol. The van der Waals surface area contributed by atoms with Crippen molar-refractivity contribution in [1.29, 1.82) is 5.26 Å². The van der Waals surface area contributed by atoms with Crippen molar-refractivity contribution in [3.63, 3.8) is 0 Å². The zero-order chi connectivity index (χ0) is 13.1. The van der Waals surface area contributed by atoms with Gasteiger partial charge < -0.3 is 5.32 Å². The largest absolute Gasteiger partial charge is 0.310 e. The van der Waals surface area contributed by atoms with E-state index in [1.165, 1.54) is 10.9 Å². The molecule has 1 saturated carbocycles. The van der Waals surface area contributed by atoms with E-state index >= 15 is 0 Å². The zero-order valence-corrected chi connectivity index (χ0v) is 10.8. The standard InChI is InChI=1S/C13H18N4O/c1-9-3-5-10(6-4-9)13(18)16-12-11(7-14)8-15-17(12)2/h8-10H,3-6H2,1-2H3,(H,16,18). The average Bonchev–Trinajstić information content (AvgIpc) is 2.71. The SMILES string of the molecule is CC1CCC(C(=O)Nc2c(C#N)cnn2C)CC1. The summed E-state index contributed by atoms with van der Waals surface area (Å²) in [5.74, 6) is 1.31. The number of aryl methyl sites for hydroxylation is 1. The molecule has 0 unspecified atom stereocenters. The van der Waals surface area contributed by atoms with Gasteiger partial charge in [0.2, 0.25) is 5.91 Å². The number of carbonyl (C=O) groups excluding carboxylic acids is 1. The van der Waals surface area contributed by atoms with Crippen molar-refractivity contribution in [2.75, 3.05) is 5.32 Å². The first kappa shape index (κ1) is 12.6. The summed E-state index contributed by atoms with van der Waals surface area (Å²) in [5.41, 5.74) is 0.412. The highest BCUT2D eigenvalue weighted by Crippen LogP contribution is 2.29. The van der Waals surface area contributed by atoms with E-state index in [1.54, 1.807) is 7.05 Å². The van der Waals surface area contributed by atoms with Crippen LogP contribution in [-0.4, -0.2) is 15.7 Å². The van der Waals surface area contributed by atoms with Crippen LogP contribution >= 0.6 is 0 Å². The molecular formula is C13H18N4O. The second-order valence-electron chi connectivity index (χ2n) is 5.09. The Kier molecular flexibility index (Phi) is 3.66. The molecule has 0 spiro atoms. The van der Waals surface area contributed by atoms with Crippen LogP contribution in [0.4, 0.5) is 5.82 Å². The molecule has 5 heteroatoms. The van der Waals surface area contributed by atoms with E-state index in [0.717, 1.165) is 31.6 Å². The van der Waals surface area contributed by atoms with E-state index in [1.807, 2.05) is 6.07 Å². The average molecular weight is 246 g/mol. The van der Waals surface area contributed by atoms with Crippen LogP contribution in [0.15, 0.2) is 6.20 Å². The minimum absolute atomic E-state index is 0.0157. The van der Waals surface area contributed by atoms with Crippen LogP contribution in [-0.2, 0) is 11.8 Å². The molecule has 1 aliphatic rings. The molecule has 0 saturated heterocycles. The predicted molar refractivity (Wildman–Crippen MR) is 67.7 cm³/mol. The Morgan fingerprint density at radius 3 is 2.78 bits per heavy atom. The fourth-order valence-corrected chi connectivity index (χ4v) is 2.41. The van der Waals surface area contributed by atoms with Gasteiger partial charge in [0.05, 0.1) is 6.20 Å². The van der Waals surface area contributed by atoms with Gasteiger partial charge in [0, 0.05) is 13.0 Å². The number of aromatic nitrogens is 2. The molecule has 96 valence electrons. The lowest BCUT2D eigenvalue weighted by Gasteiger charge is -2.25. The second kappa shape index (κ2) is 5.21. The van der Waals surface area contributed by atoms with Gasteiger partial charge in [-0.25, -0.2) is 0 Å². The first-order valence-corrected chi connectivity index (χ1v) is 6.34. The topological polar surface area (TPSA) is 70.7 Å². The third-order valence-electron chi connectivity index (χ3n) is 3.69. The fourth-order valence-electron chi connectivity index (χ4n) is 2.41. The van der Waals surface area contributed by atoms with Gasteiger partial charge in [0.25, 0.3) is 0 Å². The molecule has 1 aromatic rings. The molecule has 0 atom stereocenters. The molecule has 1 aromatic heterocycles. The summed E-state index contributed by atoms with van der Waals surface area (Å²) in [6.07, 6.45) is 5.56. The minimum Gasteiger partial charge on any atom is -0.310 e. The van der Waals surface area contributed by atoms with Gasteiger partial charge in [0.15, 0.2) is 0 Å². The Morgan fingerprint density at radius 1 is 1.50 bits per heavy atom. The maximum Gasteiger partial charge on any atom is 0.228 e. The van der Waals surface area contributed by atoms with E-state index in [0.29, 0.717) is 11.4 Å². The van der Waals surface area contributed by atoms with Crippen LogP contribution in [0.25, 0.3) is 0 Å². The molecule has 5 nitrogen and oxygen atoms in total. The molecule has 1 aliphatic carbocycles. The van der Waals surface area contributed by atoms with Crippen LogP contribution < -0.4 is 5.32 Å². The number of rotatable bonds is 2. The number of carbonyl (C=O) groups is 1. The summed E-state index contributed by atoms with van der Waals surface area (Å²) in [6, 6.07) is 2.03. The van der Waals surface area contributed by atoms with E-state index in [9.17, 15) is 4.79 Å². The summed E-state index contributed by atoms with van der Waals surface area (Å²) in [4.78, 5) is 12.1. The third kappa shape index (κ3) is 2.53. The van der Waals surface area contributed by atoms with Crippen molar-refractivity contribution >= 4 is 11.7 Å². The number of amides is 1. The second-order valence-corrected chi connectivity index (χ2v) is 5.09. The van der Waals surface area contributed by atoms with Crippen LogP contribution in [0.3, 0.4) is 0 Å². The van der Waals surface area contributed by atoms with Crippen molar-refractivity contribution in [3.8, 4) is 6.07 Å². The van der Waals surface area contributed by atoms with Gasteiger partial charge in [-0.1, -0.05) is 6.92 Å². The van der Waals surface area contributed by atoms with Gasteiger partial charge in [0.1, 0.15) is 17.5 Å². The lowest BCUT2D eigenvalue weighted by molar-refractivity contribution is -0.121. The first-order chi connectivity index (χ1) is 8.61. The van der Waals surface area contributed by atoms with Crippen molar-refractivity contribution in [2.24, 2.45) is 18.9 Å². The lowest BCUT2D eigenvalue weighted by Crippen LogP contribution is -2.27. The Hall–Kier alpha value is -1.83. The molecular weight excluding hydrogens is 228 g/mol. The quantitative estimate of drug-likeness (QED) is 0.868. The van der Waals surface area contributed by atoms with Crippen molar-refractivity contribution in [1.82, 2.24) is 9.78 Å². The first-order valence-electron chi connectivity index (χ1n) is 6.34. The summed E-state index contributed by atoms with van der Waals surface area (Å²) < 4.78 is 1.53. The smallest absolute Gasteiger partial charge is 0.228 e. The van der Waals surface area contributed by atoms with E-state index in [-0.39, 0.29) is 11.8 Å². The van der Waals surface area contributed by atoms with Crippen LogP contribution in [0.2, 0.25) is 0 Å². The Morgan fingerprint density at radius 2 is 2.17 bits per heavy atom. The number of hydrogen-bond acceptors (Lipinski definition) is 3. The van der Waals surface area contributed by atoms with Gasteiger partial charge in [-0.3, -0.25) is 9.48 Å². The molecule has 1 amide bonds. The predicted octanol–water partition coefficient (Wildman–Crippen LogP) is 2.06. The number of nitriles is 1. The summed E-state index contributed by atoms with van der Waals surface area (Å²) in [6.45, 7) is 2.23. The molecule has 0 radical (unpaired) electrons. The Labute approximate surface area is 107 Å². The Balaban J connectivity index is 2.03. The summed E-state index contributed by atoms with van der Waals surface area (Å²) in [5, 5.41) is 15.7. The Bertz CT molecular complexity index is 478. The molecule has 2 rings (SSSR count). The molecule has 1 heterocycles. The van der Waals surface area contributed by atoms with E-state index in [4.69, 9.17) is 5.26 Å². The van der Waals surface area contributed by atoms with Crippen LogP contribution in [0, 0.1) is 23.2 Å². The molecule has 0 aliphatic heterocycles. The highest BCUT2D eigenvalue weighted by atomic mass is 16.2. The molecule has 0 bridgehead atoms. The van der Waals surface area contributed by atoms with Crippen molar-refractivity contribution < 1.29 is 4.79 Å². The van der Waals surface area contributed by atoms with Crippen LogP contribution in [0.5, 0.6) is 0 Å². The molecule has 0 aromatic carbocycles. The number of anilines is 1. The number of hydrogen-bond donors (Lipinski definition) is 1. The van der Waals surface area contributed by atoms with Crippen molar-refractivity contribution in [2.45, 2.75) is 32.6 Å². The van der Waals surface area contributed by atoms with Crippen LogP contribution in [0.1, 0.15) is 38.2 Å². The number of nitrogens with zero attached hydrogens (tertiary/aromatic N) is 3. The van der Waals surface area contributed by atoms with Gasteiger partial charge in [-0.05, 0) is 31.6 Å². The summed E-state index contributed by atoms with van der Waals surface area (Å²) in [7, 11) is 1.72. The van der Waals surface area contributed by atoms with Gasteiger partial charge >= 0.3 is 0 Å². The zero-order valence-electron chi connectivity index (χ0n) is 10.8. The van der Waals surface area contributed by atoms with E-state index < -0.39 is 0 Å². The maximum absolute atomic E-state index is 12.1. The lowest BCUT2D eigenvalue weighted by atomic mass is 9.82. The summed E-state index contributed by atoms with van der Waals surface area (Å²) >= 11 is 0.